The van der Waals surface area contributed by atoms with Crippen LogP contribution in [0.5, 0.6) is 0 Å². The molecule has 2 aromatic rings. The van der Waals surface area contributed by atoms with E-state index in [0.717, 1.165) is 11.8 Å². The molecule has 1 unspecified atom stereocenters. The zero-order valence-corrected chi connectivity index (χ0v) is 20.1. The van der Waals surface area contributed by atoms with Crippen molar-refractivity contribution in [3.63, 3.8) is 0 Å². The number of ether oxygens (including phenoxy) is 1. The second-order valence-electron chi connectivity index (χ2n) is 9.84. The van der Waals surface area contributed by atoms with E-state index in [1.807, 2.05) is 51.1 Å². The molecule has 35 heavy (non-hydrogen) atoms. The summed E-state index contributed by atoms with van der Waals surface area (Å²) in [7, 11) is 0. The number of pyridine rings is 1. The monoisotopic (exact) mass is 492 g/mol. The lowest BCUT2D eigenvalue weighted by atomic mass is 10.0. The highest BCUT2D eigenvalue weighted by Crippen LogP contribution is 2.43. The first kappa shape index (κ1) is 25.1. The van der Waals surface area contributed by atoms with Gasteiger partial charge in [0.25, 0.3) is 0 Å². The van der Waals surface area contributed by atoms with E-state index in [4.69, 9.17) is 9.57 Å². The van der Waals surface area contributed by atoms with E-state index in [-0.39, 0.29) is 23.9 Å². The molecule has 2 aliphatic heterocycles. The van der Waals surface area contributed by atoms with Crippen molar-refractivity contribution in [2.45, 2.75) is 63.9 Å². The molecule has 0 radical (unpaired) electrons. The number of halogens is 3. The second kappa shape index (κ2) is 9.93. The number of hydrogen-bond acceptors (Lipinski definition) is 6. The van der Waals surface area contributed by atoms with Crippen molar-refractivity contribution < 1.29 is 27.5 Å². The van der Waals surface area contributed by atoms with Gasteiger partial charge >= 0.3 is 12.3 Å². The van der Waals surface area contributed by atoms with Crippen molar-refractivity contribution in [2.75, 3.05) is 30.1 Å². The summed E-state index contributed by atoms with van der Waals surface area (Å²) >= 11 is 0. The van der Waals surface area contributed by atoms with Gasteiger partial charge in [-0.1, -0.05) is 30.3 Å². The van der Waals surface area contributed by atoms with Gasteiger partial charge in [0, 0.05) is 37.8 Å². The maximum atomic E-state index is 13.9. The third-order valence-corrected chi connectivity index (χ3v) is 6.01. The first-order valence-electron chi connectivity index (χ1n) is 11.8. The number of carbonyl (C=O) groups excluding carboxylic acids is 1. The molecule has 190 valence electrons. The van der Waals surface area contributed by atoms with Gasteiger partial charge in [0.05, 0.1) is 23.9 Å². The highest BCUT2D eigenvalue weighted by molar-refractivity contribution is 5.68. The van der Waals surface area contributed by atoms with Crippen molar-refractivity contribution in [2.24, 2.45) is 0 Å². The third-order valence-electron chi connectivity index (χ3n) is 6.01. The number of anilines is 2. The van der Waals surface area contributed by atoms with Crippen LogP contribution >= 0.6 is 0 Å². The van der Waals surface area contributed by atoms with Gasteiger partial charge in [-0.25, -0.2) is 14.8 Å². The number of likely N-dealkylation sites (tertiary alicyclic amines) is 1. The first-order valence-corrected chi connectivity index (χ1v) is 11.8. The van der Waals surface area contributed by atoms with Gasteiger partial charge in [0.15, 0.2) is 0 Å². The van der Waals surface area contributed by atoms with Crippen molar-refractivity contribution >= 4 is 17.6 Å². The Kier molecular flexibility index (Phi) is 7.12. The fourth-order valence-corrected chi connectivity index (χ4v) is 4.35. The molecule has 2 aliphatic rings. The van der Waals surface area contributed by atoms with Gasteiger partial charge in [-0.15, -0.1) is 0 Å². The first-order chi connectivity index (χ1) is 16.5. The molecular formula is C25H31F3N4O3. The number of piperidine rings is 1. The highest BCUT2D eigenvalue weighted by Gasteiger charge is 2.39. The number of nitrogens with zero attached hydrogens (tertiary/aromatic N) is 3. The van der Waals surface area contributed by atoms with Crippen LogP contribution in [0.15, 0.2) is 42.6 Å². The van der Waals surface area contributed by atoms with Gasteiger partial charge < -0.3 is 15.0 Å². The van der Waals surface area contributed by atoms with Crippen molar-refractivity contribution in [3.8, 4) is 0 Å². The lowest BCUT2D eigenvalue weighted by Gasteiger charge is -2.34. The fraction of sp³-hybridized carbons (Fsp3) is 0.520. The van der Waals surface area contributed by atoms with E-state index in [1.165, 1.54) is 11.1 Å². The Labute approximate surface area is 203 Å². The number of nitrogens with one attached hydrogen (secondary N) is 1. The van der Waals surface area contributed by atoms with Crippen LogP contribution in [0.2, 0.25) is 0 Å². The zero-order valence-electron chi connectivity index (χ0n) is 20.1. The standard InChI is InChI=1S/C25H31F3N4O3/c1-24(2,3)35-23(33)31-12-9-18(10-13-31)30-22-15-21(19(16-29-22)25(26,27)28)32-20(11-14-34-32)17-7-5-4-6-8-17/h4-8,15-16,18,20H,9-14H2,1-3H3,(H,29,30). The molecule has 3 heterocycles. The Morgan fingerprint density at radius 3 is 2.43 bits per heavy atom. The number of hydroxylamine groups is 1. The van der Waals surface area contributed by atoms with Gasteiger partial charge in [0.2, 0.25) is 0 Å². The van der Waals surface area contributed by atoms with Crippen LogP contribution in [0.4, 0.5) is 29.5 Å². The average Bonchev–Trinajstić information content (AvgIpc) is 3.28. The predicted octanol–water partition coefficient (Wildman–Crippen LogP) is 5.79. The van der Waals surface area contributed by atoms with Gasteiger partial charge in [-0.2, -0.15) is 13.2 Å². The van der Waals surface area contributed by atoms with Crippen LogP contribution in [0.25, 0.3) is 0 Å². The molecule has 0 aliphatic carbocycles. The van der Waals surface area contributed by atoms with Crippen LogP contribution < -0.4 is 10.4 Å². The molecule has 7 nitrogen and oxygen atoms in total. The van der Waals surface area contributed by atoms with Crippen molar-refractivity contribution in [3.05, 3.63) is 53.7 Å². The van der Waals surface area contributed by atoms with E-state index in [9.17, 15) is 18.0 Å². The summed E-state index contributed by atoms with van der Waals surface area (Å²) in [6.45, 7) is 6.76. The Hall–Kier alpha value is -3.01. The molecule has 4 rings (SSSR count). The van der Waals surface area contributed by atoms with Crippen LogP contribution in [0, 0.1) is 0 Å². The summed E-state index contributed by atoms with van der Waals surface area (Å²) < 4.78 is 47.0. The van der Waals surface area contributed by atoms with E-state index in [2.05, 4.69) is 10.3 Å². The number of rotatable bonds is 4. The molecule has 1 atom stereocenters. The Morgan fingerprint density at radius 2 is 1.80 bits per heavy atom. The summed E-state index contributed by atoms with van der Waals surface area (Å²) in [6, 6.07) is 10.4. The maximum absolute atomic E-state index is 13.9. The summed E-state index contributed by atoms with van der Waals surface area (Å²) in [5, 5.41) is 4.60. The molecule has 10 heteroatoms. The molecule has 2 saturated heterocycles. The Bertz CT molecular complexity index is 1020. The van der Waals surface area contributed by atoms with Gasteiger partial charge in [0.1, 0.15) is 11.4 Å². The molecule has 0 bridgehead atoms. The normalized spacial score (nSPS) is 19.7. The van der Waals surface area contributed by atoms with E-state index in [0.29, 0.717) is 44.8 Å². The van der Waals surface area contributed by atoms with Crippen LogP contribution in [-0.4, -0.2) is 47.3 Å². The third kappa shape index (κ3) is 6.17. The molecule has 1 N–H and O–H groups in total. The van der Waals surface area contributed by atoms with E-state index < -0.39 is 17.3 Å². The number of aromatic nitrogens is 1. The quantitative estimate of drug-likeness (QED) is 0.582. The van der Waals surface area contributed by atoms with Gasteiger partial charge in [-0.05, 0) is 39.2 Å². The number of alkyl halides is 3. The van der Waals surface area contributed by atoms with Gasteiger partial charge in [-0.3, -0.25) is 4.84 Å². The van der Waals surface area contributed by atoms with Crippen molar-refractivity contribution in [1.82, 2.24) is 9.88 Å². The average molecular weight is 493 g/mol. The topological polar surface area (TPSA) is 66.9 Å². The van der Waals surface area contributed by atoms with Crippen molar-refractivity contribution in [1.29, 1.82) is 0 Å². The van der Waals surface area contributed by atoms with E-state index in [1.54, 1.807) is 4.90 Å². The molecule has 0 spiro atoms. The predicted molar refractivity (Wildman–Crippen MR) is 126 cm³/mol. The molecule has 1 amide bonds. The summed E-state index contributed by atoms with van der Waals surface area (Å²) in [6.07, 6.45) is -2.24. The smallest absolute Gasteiger partial charge is 0.419 e. The zero-order chi connectivity index (χ0) is 25.2. The number of benzene rings is 1. The van der Waals surface area contributed by atoms with Crippen LogP contribution in [-0.2, 0) is 15.8 Å². The largest absolute Gasteiger partial charge is 0.444 e. The lowest BCUT2D eigenvalue weighted by Crippen LogP contribution is -2.44. The number of hydrogen-bond donors (Lipinski definition) is 1. The molecular weight excluding hydrogens is 461 g/mol. The maximum Gasteiger partial charge on any atom is 0.419 e. The minimum Gasteiger partial charge on any atom is -0.444 e. The van der Waals surface area contributed by atoms with Crippen LogP contribution in [0.1, 0.15) is 57.2 Å². The number of amides is 1. The fourth-order valence-electron chi connectivity index (χ4n) is 4.35. The molecule has 0 saturated carbocycles. The summed E-state index contributed by atoms with van der Waals surface area (Å²) in [5.74, 6) is 0.339. The second-order valence-corrected chi connectivity index (χ2v) is 9.84. The molecule has 1 aromatic heterocycles. The van der Waals surface area contributed by atoms with Crippen LogP contribution in [0.3, 0.4) is 0 Å². The molecule has 2 fully saturated rings. The minimum absolute atomic E-state index is 0.0322. The number of carbonyl (C=O) groups is 1. The lowest BCUT2D eigenvalue weighted by molar-refractivity contribution is -0.137. The Morgan fingerprint density at radius 1 is 1.11 bits per heavy atom. The highest BCUT2D eigenvalue weighted by atomic mass is 19.4. The van der Waals surface area contributed by atoms with E-state index >= 15 is 0 Å². The molecule has 1 aromatic carbocycles. The Balaban J connectivity index is 1.50. The SMILES string of the molecule is CC(C)(C)OC(=O)N1CCC(Nc2cc(N3OCCC3c3ccccc3)c(C(F)(F)F)cn2)CC1. The summed E-state index contributed by atoms with van der Waals surface area (Å²) in [5.41, 5.74) is -0.584. The minimum atomic E-state index is -4.58. The summed E-state index contributed by atoms with van der Waals surface area (Å²) in [4.78, 5) is 23.7.